The molecule has 2 heterocycles. The minimum absolute atomic E-state index is 0.00637. The fraction of sp³-hybridized carbons (Fsp3) is 0.692. The van der Waals surface area contributed by atoms with Crippen LogP contribution in [0.2, 0.25) is 0 Å². The normalized spacial score (nSPS) is 12.6. The number of nitrogen functional groups attached to an aromatic ring is 1. The molecule has 42 heavy (non-hydrogen) atoms. The van der Waals surface area contributed by atoms with Crippen LogP contribution >= 0.6 is 31.1 Å². The molecule has 0 fully saturated rings. The molecule has 0 aliphatic carbocycles. The summed E-state index contributed by atoms with van der Waals surface area (Å²) >= 11 is 2.24. The zero-order valence-electron chi connectivity index (χ0n) is 25.2. The van der Waals surface area contributed by atoms with Gasteiger partial charge in [-0.2, -0.15) is 10.2 Å². The van der Waals surface area contributed by atoms with Gasteiger partial charge in [0.1, 0.15) is 0 Å². The lowest BCUT2D eigenvalue weighted by atomic mass is 9.99. The molecule has 0 saturated heterocycles. The number of nitriles is 1. The Kier molecular flexibility index (Phi) is 13.7. The van der Waals surface area contributed by atoms with E-state index in [1.165, 1.54) is 6.33 Å². The number of anilines is 1. The number of H-pyrrole nitrogens is 1. The van der Waals surface area contributed by atoms with Crippen LogP contribution in [0.1, 0.15) is 48.0 Å². The van der Waals surface area contributed by atoms with E-state index in [0.717, 1.165) is 23.5 Å². The third-order valence-electron chi connectivity index (χ3n) is 5.81. The molecule has 16 heteroatoms. The second kappa shape index (κ2) is 16.0. The Labute approximate surface area is 255 Å². The maximum Gasteiger partial charge on any atom is 0.332 e. The number of imidazole rings is 1. The van der Waals surface area contributed by atoms with E-state index in [4.69, 9.17) is 14.8 Å². The Morgan fingerprint density at radius 2 is 1.64 bits per heavy atom. The number of carbonyl (C=O) groups excluding carboxylic acids is 2. The van der Waals surface area contributed by atoms with Gasteiger partial charge in [0.25, 0.3) is 5.56 Å². The molecular formula is C26H42N7O6PS2. The Balaban J connectivity index is 2.06. The summed E-state index contributed by atoms with van der Waals surface area (Å²) < 4.78 is 27.0. The number of hydrogen-bond acceptors (Lipinski definition) is 13. The number of thioether (sulfide) groups is 2. The quantitative estimate of drug-likeness (QED) is 0.199. The van der Waals surface area contributed by atoms with Crippen LogP contribution in [0.3, 0.4) is 0 Å². The number of aromatic amines is 1. The van der Waals surface area contributed by atoms with Crippen molar-refractivity contribution in [1.82, 2.24) is 24.4 Å². The molecule has 0 radical (unpaired) electrons. The average Bonchev–Trinajstić information content (AvgIpc) is 3.30. The van der Waals surface area contributed by atoms with Crippen LogP contribution in [0.4, 0.5) is 5.95 Å². The third-order valence-corrected chi connectivity index (χ3v) is 10.2. The van der Waals surface area contributed by atoms with Crippen molar-refractivity contribution in [1.29, 1.82) is 5.26 Å². The van der Waals surface area contributed by atoms with Gasteiger partial charge in [-0.3, -0.25) is 28.8 Å². The van der Waals surface area contributed by atoms with Crippen LogP contribution in [0, 0.1) is 22.2 Å². The van der Waals surface area contributed by atoms with Gasteiger partial charge in [0.05, 0.1) is 31.8 Å². The molecule has 0 bridgehead atoms. The number of fused-ring (bicyclic) bond motifs is 1. The van der Waals surface area contributed by atoms with Crippen LogP contribution < -0.4 is 11.3 Å². The molecule has 0 aliphatic heterocycles. The summed E-state index contributed by atoms with van der Waals surface area (Å²) in [6.45, 7) is 12.6. The lowest BCUT2D eigenvalue weighted by molar-refractivity contribution is -0.118. The molecule has 0 aliphatic rings. The van der Waals surface area contributed by atoms with Crippen molar-refractivity contribution >= 4 is 58.5 Å². The summed E-state index contributed by atoms with van der Waals surface area (Å²) in [5.74, 6) is 0.625. The molecule has 0 unspecified atom stereocenters. The van der Waals surface area contributed by atoms with Crippen LogP contribution in [-0.2, 0) is 29.7 Å². The van der Waals surface area contributed by atoms with Gasteiger partial charge in [0.15, 0.2) is 21.4 Å². The summed E-state index contributed by atoms with van der Waals surface area (Å²) in [7, 11) is -3.61. The first kappa shape index (κ1) is 36.0. The van der Waals surface area contributed by atoms with E-state index >= 15 is 0 Å². The Hall–Kier alpha value is -2.21. The van der Waals surface area contributed by atoms with E-state index < -0.39 is 24.0 Å². The van der Waals surface area contributed by atoms with E-state index in [1.807, 2.05) is 46.4 Å². The number of nitrogens with one attached hydrogen (secondary N) is 1. The molecule has 0 aromatic carbocycles. The van der Waals surface area contributed by atoms with Crippen molar-refractivity contribution < 1.29 is 23.2 Å². The highest BCUT2D eigenvalue weighted by atomic mass is 32.2. The summed E-state index contributed by atoms with van der Waals surface area (Å²) in [4.78, 5) is 49.3. The number of rotatable bonds is 16. The van der Waals surface area contributed by atoms with Gasteiger partial charge in [-0.05, 0) is 0 Å². The molecule has 3 N–H and O–H groups in total. The first-order valence-electron chi connectivity index (χ1n) is 13.6. The van der Waals surface area contributed by atoms with E-state index in [-0.39, 0.29) is 47.5 Å². The van der Waals surface area contributed by atoms with Gasteiger partial charge < -0.3 is 19.3 Å². The molecule has 0 amide bonds. The fourth-order valence-corrected chi connectivity index (χ4v) is 6.83. The minimum Gasteiger partial charge on any atom is -0.369 e. The molecule has 0 saturated carbocycles. The number of carbonyl (C=O) groups is 2. The zero-order valence-corrected chi connectivity index (χ0v) is 27.7. The number of nitrogens with zero attached hydrogens (tertiary/aromatic N) is 5. The minimum atomic E-state index is -3.61. The predicted molar refractivity (Wildman–Crippen MR) is 167 cm³/mol. The van der Waals surface area contributed by atoms with Gasteiger partial charge in [0.2, 0.25) is 5.95 Å². The zero-order chi connectivity index (χ0) is 31.6. The average molecular weight is 644 g/mol. The van der Waals surface area contributed by atoms with Gasteiger partial charge >= 0.3 is 7.60 Å². The van der Waals surface area contributed by atoms with Gasteiger partial charge in [-0.25, -0.2) is 4.98 Å². The van der Waals surface area contributed by atoms with Crippen molar-refractivity contribution in [3.8, 4) is 6.07 Å². The summed E-state index contributed by atoms with van der Waals surface area (Å²) in [6.07, 6.45) is 1.79. The second-order valence-electron chi connectivity index (χ2n) is 11.6. The van der Waals surface area contributed by atoms with Crippen molar-refractivity contribution in [2.24, 2.45) is 10.8 Å². The summed E-state index contributed by atoms with van der Waals surface area (Å²) in [5, 5.41) is 9.18. The molecule has 0 atom stereocenters. The third kappa shape index (κ3) is 11.8. The molecule has 2 aromatic rings. The molecule has 13 nitrogen and oxygen atoms in total. The van der Waals surface area contributed by atoms with E-state index in [1.54, 1.807) is 4.57 Å². The van der Waals surface area contributed by atoms with Crippen LogP contribution in [0.15, 0.2) is 11.1 Å². The van der Waals surface area contributed by atoms with Crippen LogP contribution in [-0.4, -0.2) is 85.2 Å². The largest absolute Gasteiger partial charge is 0.369 e. The number of nitrogens with two attached hydrogens (primary N) is 1. The molecule has 2 aromatic heterocycles. The molecule has 0 spiro atoms. The van der Waals surface area contributed by atoms with Crippen LogP contribution in [0.5, 0.6) is 0 Å². The molecule has 234 valence electrons. The second-order valence-corrected chi connectivity index (χ2v) is 15.9. The SMILES string of the molecule is CC(C)(C)C(=O)SCCOP(=O)(CCN(CCC#N)CCn1cnc2c(=O)[nH]c(N)nc21)OCCSC(=O)C(C)(C)C. The van der Waals surface area contributed by atoms with Gasteiger partial charge in [-0.1, -0.05) is 65.1 Å². The first-order valence-corrected chi connectivity index (χ1v) is 17.3. The number of aromatic nitrogens is 4. The Bertz CT molecular complexity index is 1320. The lowest BCUT2D eigenvalue weighted by Crippen LogP contribution is -2.31. The summed E-state index contributed by atoms with van der Waals surface area (Å²) in [6, 6.07) is 2.13. The number of hydrogen-bond donors (Lipinski definition) is 2. The van der Waals surface area contributed by atoms with Crippen molar-refractivity contribution in [2.75, 3.05) is 56.2 Å². The standard InChI is InChI=1S/C26H42N7O6PS2/c1-25(2,3)22(35)41-16-13-38-40(37,39-14-17-42-23(36)26(4,5)6)15-12-32(9-7-8-27)10-11-33-18-29-19-20(33)30-24(28)31-21(19)34/h18H,7,9-17H2,1-6H3,(H3,28,30,31,34). The van der Waals surface area contributed by atoms with E-state index in [9.17, 15) is 24.2 Å². The highest BCUT2D eigenvalue weighted by Crippen LogP contribution is 2.48. The molecule has 2 rings (SSSR count). The maximum atomic E-state index is 13.8. The Morgan fingerprint density at radius 3 is 2.17 bits per heavy atom. The fourth-order valence-electron chi connectivity index (χ4n) is 3.41. The van der Waals surface area contributed by atoms with Crippen molar-refractivity contribution in [3.05, 3.63) is 16.7 Å². The van der Waals surface area contributed by atoms with Crippen molar-refractivity contribution in [2.45, 2.75) is 54.5 Å². The predicted octanol–water partition coefficient (Wildman–Crippen LogP) is 3.76. The maximum absolute atomic E-state index is 13.8. The summed E-state index contributed by atoms with van der Waals surface area (Å²) in [5.41, 5.74) is 4.77. The molecular weight excluding hydrogens is 601 g/mol. The first-order chi connectivity index (χ1) is 19.6. The monoisotopic (exact) mass is 643 g/mol. The highest BCUT2D eigenvalue weighted by Gasteiger charge is 2.28. The van der Waals surface area contributed by atoms with Crippen LogP contribution in [0.25, 0.3) is 11.2 Å². The van der Waals surface area contributed by atoms with Gasteiger partial charge in [0, 0.05) is 54.9 Å². The van der Waals surface area contributed by atoms with Gasteiger partial charge in [-0.15, -0.1) is 0 Å². The Morgan fingerprint density at radius 1 is 1.07 bits per heavy atom. The smallest absolute Gasteiger partial charge is 0.332 e. The lowest BCUT2D eigenvalue weighted by Gasteiger charge is -2.25. The van der Waals surface area contributed by atoms with Crippen molar-refractivity contribution in [3.63, 3.8) is 0 Å². The topological polar surface area (TPSA) is 186 Å². The highest BCUT2D eigenvalue weighted by molar-refractivity contribution is 8.14. The van der Waals surface area contributed by atoms with E-state index in [2.05, 4.69) is 21.0 Å². The van der Waals surface area contributed by atoms with E-state index in [0.29, 0.717) is 43.3 Å².